The van der Waals surface area contributed by atoms with E-state index in [-0.39, 0.29) is 0 Å². The lowest BCUT2D eigenvalue weighted by Crippen LogP contribution is -2.32. The highest BCUT2D eigenvalue weighted by atomic mass is 16.3. The summed E-state index contributed by atoms with van der Waals surface area (Å²) < 4.78 is 1.70. The molecule has 19 heavy (non-hydrogen) atoms. The number of aliphatic hydroxyl groups is 1. The molecule has 2 aromatic rings. The maximum absolute atomic E-state index is 10.8. The molecule has 0 aliphatic heterocycles. The SMILES string of the molecule is OC1(Cn2cncn2)CCC/C1=C/c1ccccc1. The highest BCUT2D eigenvalue weighted by Gasteiger charge is 2.36. The number of aromatic nitrogens is 3. The Bertz CT molecular complexity index is 562. The van der Waals surface area contributed by atoms with Gasteiger partial charge in [0.25, 0.3) is 0 Å². The molecule has 0 amide bonds. The van der Waals surface area contributed by atoms with Crippen LogP contribution in [0.3, 0.4) is 0 Å². The van der Waals surface area contributed by atoms with E-state index in [4.69, 9.17) is 0 Å². The highest BCUT2D eigenvalue weighted by molar-refractivity contribution is 5.55. The largest absolute Gasteiger partial charge is 0.384 e. The first kappa shape index (κ1) is 12.1. The number of hydrogen-bond acceptors (Lipinski definition) is 3. The van der Waals surface area contributed by atoms with Crippen LogP contribution >= 0.6 is 0 Å². The molecule has 1 aromatic heterocycles. The van der Waals surface area contributed by atoms with Gasteiger partial charge in [-0.15, -0.1) is 0 Å². The molecular formula is C15H17N3O. The molecule has 1 fully saturated rings. The second-order valence-corrected chi connectivity index (χ2v) is 5.06. The quantitative estimate of drug-likeness (QED) is 0.915. The average molecular weight is 255 g/mol. The molecule has 1 unspecified atom stereocenters. The van der Waals surface area contributed by atoms with Crippen LogP contribution < -0.4 is 0 Å². The summed E-state index contributed by atoms with van der Waals surface area (Å²) >= 11 is 0. The smallest absolute Gasteiger partial charge is 0.137 e. The fourth-order valence-corrected chi connectivity index (χ4v) is 2.68. The zero-order valence-corrected chi connectivity index (χ0v) is 10.7. The summed E-state index contributed by atoms with van der Waals surface area (Å²) in [4.78, 5) is 3.93. The van der Waals surface area contributed by atoms with Crippen molar-refractivity contribution in [2.75, 3.05) is 0 Å². The fraction of sp³-hybridized carbons (Fsp3) is 0.333. The minimum Gasteiger partial charge on any atom is -0.384 e. The Balaban J connectivity index is 1.86. The molecule has 0 saturated heterocycles. The van der Waals surface area contributed by atoms with Gasteiger partial charge in [0.2, 0.25) is 0 Å². The first-order valence-corrected chi connectivity index (χ1v) is 6.57. The number of hydrogen-bond donors (Lipinski definition) is 1. The van der Waals surface area contributed by atoms with Crippen LogP contribution in [-0.4, -0.2) is 25.5 Å². The summed E-state index contributed by atoms with van der Waals surface area (Å²) in [5.74, 6) is 0. The van der Waals surface area contributed by atoms with Crippen molar-refractivity contribution in [3.8, 4) is 0 Å². The predicted molar refractivity (Wildman–Crippen MR) is 73.2 cm³/mol. The second kappa shape index (κ2) is 4.97. The van der Waals surface area contributed by atoms with Crippen LogP contribution in [0.4, 0.5) is 0 Å². The van der Waals surface area contributed by atoms with Crippen LogP contribution in [0.1, 0.15) is 24.8 Å². The van der Waals surface area contributed by atoms with Gasteiger partial charge in [0.15, 0.2) is 0 Å². The normalized spacial score (nSPS) is 25.0. The highest BCUT2D eigenvalue weighted by Crippen LogP contribution is 2.37. The van der Waals surface area contributed by atoms with Crippen LogP contribution in [0, 0.1) is 0 Å². The Hall–Kier alpha value is -1.94. The van der Waals surface area contributed by atoms with Gasteiger partial charge in [-0.05, 0) is 30.4 Å². The molecule has 1 atom stereocenters. The van der Waals surface area contributed by atoms with Crippen LogP contribution in [0.5, 0.6) is 0 Å². The van der Waals surface area contributed by atoms with Crippen molar-refractivity contribution in [2.24, 2.45) is 0 Å². The van der Waals surface area contributed by atoms with Crippen molar-refractivity contribution in [2.45, 2.75) is 31.4 Å². The van der Waals surface area contributed by atoms with Crippen molar-refractivity contribution in [1.82, 2.24) is 14.8 Å². The molecule has 1 aliphatic carbocycles. The molecule has 98 valence electrons. The van der Waals surface area contributed by atoms with E-state index < -0.39 is 5.60 Å². The molecule has 4 heteroatoms. The lowest BCUT2D eigenvalue weighted by Gasteiger charge is -2.24. The molecule has 3 rings (SSSR count). The van der Waals surface area contributed by atoms with E-state index >= 15 is 0 Å². The third-order valence-corrected chi connectivity index (χ3v) is 3.66. The average Bonchev–Trinajstić information content (AvgIpc) is 3.03. The van der Waals surface area contributed by atoms with Crippen LogP contribution in [0.25, 0.3) is 6.08 Å². The third kappa shape index (κ3) is 2.58. The Morgan fingerprint density at radius 1 is 1.32 bits per heavy atom. The van der Waals surface area contributed by atoms with Gasteiger partial charge in [-0.2, -0.15) is 5.10 Å². The Morgan fingerprint density at radius 2 is 2.16 bits per heavy atom. The molecule has 1 aliphatic rings. The standard InChI is InChI=1S/C15H17N3O/c19-15(10-18-12-16-11-17-18)8-4-7-14(15)9-13-5-2-1-3-6-13/h1-3,5-6,9,11-12,19H,4,7-8,10H2/b14-9-. The van der Waals surface area contributed by atoms with Gasteiger partial charge in [0.1, 0.15) is 18.3 Å². The molecule has 0 radical (unpaired) electrons. The molecule has 1 N–H and O–H groups in total. The minimum absolute atomic E-state index is 0.478. The summed E-state index contributed by atoms with van der Waals surface area (Å²) in [5.41, 5.74) is 1.44. The summed E-state index contributed by atoms with van der Waals surface area (Å²) in [6, 6.07) is 10.1. The summed E-state index contributed by atoms with van der Waals surface area (Å²) in [6.45, 7) is 0.478. The lowest BCUT2D eigenvalue weighted by molar-refractivity contribution is 0.0632. The molecule has 0 spiro atoms. The summed E-state index contributed by atoms with van der Waals surface area (Å²) in [6.07, 6.45) is 7.99. The van der Waals surface area contributed by atoms with Crippen molar-refractivity contribution in [3.63, 3.8) is 0 Å². The van der Waals surface area contributed by atoms with Crippen molar-refractivity contribution in [1.29, 1.82) is 0 Å². The van der Waals surface area contributed by atoms with Gasteiger partial charge in [-0.3, -0.25) is 0 Å². The van der Waals surface area contributed by atoms with Gasteiger partial charge in [-0.25, -0.2) is 9.67 Å². The molecule has 4 nitrogen and oxygen atoms in total. The van der Waals surface area contributed by atoms with Crippen molar-refractivity contribution < 1.29 is 5.11 Å². The van der Waals surface area contributed by atoms with E-state index in [1.54, 1.807) is 11.0 Å². The van der Waals surface area contributed by atoms with Crippen LogP contribution in [0.2, 0.25) is 0 Å². The Labute approximate surface area is 112 Å². The molecular weight excluding hydrogens is 238 g/mol. The molecule has 1 heterocycles. The summed E-state index contributed by atoms with van der Waals surface area (Å²) in [7, 11) is 0. The topological polar surface area (TPSA) is 50.9 Å². The Morgan fingerprint density at radius 3 is 2.89 bits per heavy atom. The maximum atomic E-state index is 10.8. The van der Waals surface area contributed by atoms with E-state index in [9.17, 15) is 5.11 Å². The summed E-state index contributed by atoms with van der Waals surface area (Å²) in [5, 5.41) is 14.9. The van der Waals surface area contributed by atoms with Crippen molar-refractivity contribution in [3.05, 3.63) is 54.1 Å². The lowest BCUT2D eigenvalue weighted by atomic mass is 9.95. The van der Waals surface area contributed by atoms with E-state index in [0.717, 1.165) is 30.4 Å². The minimum atomic E-state index is -0.788. The number of benzene rings is 1. The van der Waals surface area contributed by atoms with Gasteiger partial charge >= 0.3 is 0 Å². The first-order valence-electron chi connectivity index (χ1n) is 6.57. The van der Waals surface area contributed by atoms with Crippen molar-refractivity contribution >= 4 is 6.08 Å². The van der Waals surface area contributed by atoms with Crippen LogP contribution in [-0.2, 0) is 6.54 Å². The van der Waals surface area contributed by atoms with Gasteiger partial charge in [0, 0.05) is 0 Å². The van der Waals surface area contributed by atoms with Crippen LogP contribution in [0.15, 0.2) is 48.6 Å². The van der Waals surface area contributed by atoms with E-state index in [1.807, 2.05) is 18.2 Å². The predicted octanol–water partition coefficient (Wildman–Crippen LogP) is 2.28. The van der Waals surface area contributed by atoms with Gasteiger partial charge in [-0.1, -0.05) is 36.4 Å². The zero-order valence-electron chi connectivity index (χ0n) is 10.7. The Kier molecular flexibility index (Phi) is 3.17. The zero-order chi connectivity index (χ0) is 13.1. The van der Waals surface area contributed by atoms with E-state index in [0.29, 0.717) is 6.54 Å². The molecule has 1 aromatic carbocycles. The second-order valence-electron chi connectivity index (χ2n) is 5.06. The molecule has 0 bridgehead atoms. The van der Waals surface area contributed by atoms with Gasteiger partial charge in [0.05, 0.1) is 6.54 Å². The van der Waals surface area contributed by atoms with E-state index in [1.165, 1.54) is 6.33 Å². The monoisotopic (exact) mass is 255 g/mol. The van der Waals surface area contributed by atoms with E-state index in [2.05, 4.69) is 28.3 Å². The maximum Gasteiger partial charge on any atom is 0.137 e. The fourth-order valence-electron chi connectivity index (χ4n) is 2.68. The third-order valence-electron chi connectivity index (χ3n) is 3.66. The van der Waals surface area contributed by atoms with Gasteiger partial charge < -0.3 is 5.11 Å². The number of rotatable bonds is 3. The molecule has 1 saturated carbocycles. The number of nitrogens with zero attached hydrogens (tertiary/aromatic N) is 3. The first-order chi connectivity index (χ1) is 9.26.